The third-order valence-corrected chi connectivity index (χ3v) is 5.11. The molecule has 1 aromatic carbocycles. The van der Waals surface area contributed by atoms with Gasteiger partial charge in [0.05, 0.1) is 12.1 Å². The number of rotatable bonds is 5. The molecule has 0 unspecified atom stereocenters. The molecule has 2 heterocycles. The SMILES string of the molecule is O=C(Nc1ccccc1CN1CCNC1=O)N[C@H]1CCO[C@@H]1C1CC1. The molecule has 134 valence electrons. The summed E-state index contributed by atoms with van der Waals surface area (Å²) in [6.45, 7) is 2.55. The molecule has 2 saturated heterocycles. The van der Waals surface area contributed by atoms with E-state index in [1.165, 1.54) is 12.8 Å². The summed E-state index contributed by atoms with van der Waals surface area (Å²) in [5, 5.41) is 8.80. The highest BCUT2D eigenvalue weighted by Crippen LogP contribution is 2.38. The van der Waals surface area contributed by atoms with Crippen molar-refractivity contribution in [1.29, 1.82) is 0 Å². The maximum atomic E-state index is 12.4. The van der Waals surface area contributed by atoms with E-state index in [0.717, 1.165) is 17.7 Å². The number of benzene rings is 1. The largest absolute Gasteiger partial charge is 0.376 e. The highest BCUT2D eigenvalue weighted by atomic mass is 16.5. The monoisotopic (exact) mass is 344 g/mol. The Morgan fingerprint density at radius 3 is 2.88 bits per heavy atom. The van der Waals surface area contributed by atoms with Crippen LogP contribution in [0.1, 0.15) is 24.8 Å². The van der Waals surface area contributed by atoms with E-state index in [4.69, 9.17) is 4.74 Å². The maximum absolute atomic E-state index is 12.4. The van der Waals surface area contributed by atoms with Gasteiger partial charge in [-0.15, -0.1) is 0 Å². The number of amides is 4. The van der Waals surface area contributed by atoms with Crippen LogP contribution < -0.4 is 16.0 Å². The van der Waals surface area contributed by atoms with Crippen molar-refractivity contribution in [2.45, 2.75) is 38.0 Å². The fraction of sp³-hybridized carbons (Fsp3) is 0.556. The fourth-order valence-corrected chi connectivity index (χ4v) is 3.63. The lowest BCUT2D eigenvalue weighted by atomic mass is 10.1. The summed E-state index contributed by atoms with van der Waals surface area (Å²) in [4.78, 5) is 25.9. The Balaban J connectivity index is 1.38. The first-order valence-corrected chi connectivity index (χ1v) is 9.00. The van der Waals surface area contributed by atoms with E-state index in [1.807, 2.05) is 24.3 Å². The molecule has 4 rings (SSSR count). The molecule has 3 fully saturated rings. The Kier molecular flexibility index (Phi) is 4.48. The summed E-state index contributed by atoms with van der Waals surface area (Å²) in [5.41, 5.74) is 1.66. The second-order valence-electron chi connectivity index (χ2n) is 6.98. The topological polar surface area (TPSA) is 82.7 Å². The van der Waals surface area contributed by atoms with Gasteiger partial charge in [0.1, 0.15) is 0 Å². The lowest BCUT2D eigenvalue weighted by Crippen LogP contribution is -2.43. The van der Waals surface area contributed by atoms with Crippen molar-refractivity contribution in [3.63, 3.8) is 0 Å². The van der Waals surface area contributed by atoms with E-state index in [1.54, 1.807) is 4.90 Å². The predicted molar refractivity (Wildman–Crippen MR) is 93.3 cm³/mol. The van der Waals surface area contributed by atoms with E-state index in [2.05, 4.69) is 16.0 Å². The van der Waals surface area contributed by atoms with Crippen molar-refractivity contribution < 1.29 is 14.3 Å². The number of anilines is 1. The van der Waals surface area contributed by atoms with Crippen LogP contribution >= 0.6 is 0 Å². The van der Waals surface area contributed by atoms with Crippen LogP contribution in [0.15, 0.2) is 24.3 Å². The number of nitrogens with zero attached hydrogens (tertiary/aromatic N) is 1. The van der Waals surface area contributed by atoms with Gasteiger partial charge >= 0.3 is 12.1 Å². The van der Waals surface area contributed by atoms with E-state index in [0.29, 0.717) is 32.2 Å². The number of ether oxygens (including phenoxy) is 1. The maximum Gasteiger partial charge on any atom is 0.319 e. The molecule has 0 spiro atoms. The zero-order valence-corrected chi connectivity index (χ0v) is 14.2. The molecular weight excluding hydrogens is 320 g/mol. The Morgan fingerprint density at radius 1 is 1.28 bits per heavy atom. The molecule has 1 aromatic rings. The van der Waals surface area contributed by atoms with Crippen molar-refractivity contribution in [2.75, 3.05) is 25.0 Å². The fourth-order valence-electron chi connectivity index (χ4n) is 3.63. The van der Waals surface area contributed by atoms with Gasteiger partial charge in [0.2, 0.25) is 0 Å². The van der Waals surface area contributed by atoms with Crippen molar-refractivity contribution >= 4 is 17.7 Å². The highest BCUT2D eigenvalue weighted by molar-refractivity contribution is 5.90. The molecular formula is C18H24N4O3. The molecule has 0 radical (unpaired) electrons. The molecule has 7 heteroatoms. The number of urea groups is 2. The molecule has 3 N–H and O–H groups in total. The van der Waals surface area contributed by atoms with Crippen LogP contribution in [-0.2, 0) is 11.3 Å². The summed E-state index contributed by atoms with van der Waals surface area (Å²) in [6.07, 6.45) is 3.43. The van der Waals surface area contributed by atoms with Crippen LogP contribution in [0.2, 0.25) is 0 Å². The number of nitrogens with one attached hydrogen (secondary N) is 3. The summed E-state index contributed by atoms with van der Waals surface area (Å²) < 4.78 is 5.77. The van der Waals surface area contributed by atoms with E-state index >= 15 is 0 Å². The first kappa shape index (κ1) is 16.2. The molecule has 25 heavy (non-hydrogen) atoms. The van der Waals surface area contributed by atoms with Gasteiger partial charge in [-0.3, -0.25) is 0 Å². The first-order valence-electron chi connectivity index (χ1n) is 9.00. The Labute approximate surface area is 147 Å². The third kappa shape index (κ3) is 3.71. The number of carbonyl (C=O) groups is 2. The zero-order valence-electron chi connectivity index (χ0n) is 14.2. The standard InChI is InChI=1S/C18H24N4O3/c23-17(21-15-7-10-25-16(15)12-5-6-12)20-14-4-2-1-3-13(14)11-22-9-8-19-18(22)24/h1-4,12,15-16H,5-11H2,(H,19,24)(H2,20,21,23)/t15-,16+/m0/s1. The smallest absolute Gasteiger partial charge is 0.319 e. The summed E-state index contributed by atoms with van der Waals surface area (Å²) in [6, 6.07) is 7.42. The minimum absolute atomic E-state index is 0.0605. The second-order valence-corrected chi connectivity index (χ2v) is 6.98. The Bertz CT molecular complexity index is 661. The van der Waals surface area contributed by atoms with Gasteiger partial charge < -0.3 is 25.6 Å². The summed E-state index contributed by atoms with van der Waals surface area (Å²) >= 11 is 0. The lowest BCUT2D eigenvalue weighted by molar-refractivity contribution is 0.0829. The minimum Gasteiger partial charge on any atom is -0.376 e. The van der Waals surface area contributed by atoms with Gasteiger partial charge in [0.15, 0.2) is 0 Å². The molecule has 2 aliphatic heterocycles. The van der Waals surface area contributed by atoms with Crippen molar-refractivity contribution in [3.05, 3.63) is 29.8 Å². The van der Waals surface area contributed by atoms with Crippen LogP contribution in [0.5, 0.6) is 0 Å². The van der Waals surface area contributed by atoms with Crippen molar-refractivity contribution in [2.24, 2.45) is 5.92 Å². The number of hydrogen-bond acceptors (Lipinski definition) is 3. The molecule has 4 amide bonds. The van der Waals surface area contributed by atoms with Crippen LogP contribution in [0.25, 0.3) is 0 Å². The summed E-state index contributed by atoms with van der Waals surface area (Å²) in [7, 11) is 0. The molecule has 1 saturated carbocycles. The van der Waals surface area contributed by atoms with Crippen molar-refractivity contribution in [3.8, 4) is 0 Å². The molecule has 1 aliphatic carbocycles. The molecule has 0 aromatic heterocycles. The van der Waals surface area contributed by atoms with Crippen LogP contribution in [-0.4, -0.2) is 48.8 Å². The first-order chi connectivity index (χ1) is 12.2. The van der Waals surface area contributed by atoms with Gasteiger partial charge in [-0.05, 0) is 36.8 Å². The van der Waals surface area contributed by atoms with Crippen molar-refractivity contribution in [1.82, 2.24) is 15.5 Å². The van der Waals surface area contributed by atoms with E-state index in [9.17, 15) is 9.59 Å². The van der Waals surface area contributed by atoms with Crippen LogP contribution in [0.3, 0.4) is 0 Å². The number of para-hydroxylation sites is 1. The number of carbonyl (C=O) groups excluding carboxylic acids is 2. The molecule has 7 nitrogen and oxygen atoms in total. The molecule has 3 aliphatic rings. The number of hydrogen-bond donors (Lipinski definition) is 3. The van der Waals surface area contributed by atoms with Crippen LogP contribution in [0.4, 0.5) is 15.3 Å². The molecule has 2 atom stereocenters. The quantitative estimate of drug-likeness (QED) is 0.763. The van der Waals surface area contributed by atoms with Gasteiger partial charge in [-0.25, -0.2) is 9.59 Å². The van der Waals surface area contributed by atoms with Crippen LogP contribution in [0, 0.1) is 5.92 Å². The van der Waals surface area contributed by atoms with Gasteiger partial charge in [-0.1, -0.05) is 18.2 Å². The van der Waals surface area contributed by atoms with Gasteiger partial charge in [0, 0.05) is 31.9 Å². The zero-order chi connectivity index (χ0) is 17.2. The second kappa shape index (κ2) is 6.92. The Morgan fingerprint density at radius 2 is 2.12 bits per heavy atom. The molecule has 0 bridgehead atoms. The normalized spacial score (nSPS) is 25.8. The lowest BCUT2D eigenvalue weighted by Gasteiger charge is -2.21. The van der Waals surface area contributed by atoms with E-state index in [-0.39, 0.29) is 24.2 Å². The highest BCUT2D eigenvalue weighted by Gasteiger charge is 2.41. The van der Waals surface area contributed by atoms with Gasteiger partial charge in [0.25, 0.3) is 0 Å². The average molecular weight is 344 g/mol. The third-order valence-electron chi connectivity index (χ3n) is 5.11. The summed E-state index contributed by atoms with van der Waals surface area (Å²) in [5.74, 6) is 0.605. The minimum atomic E-state index is -0.209. The Hall–Kier alpha value is -2.28. The average Bonchev–Trinajstić information content (AvgIpc) is 3.21. The van der Waals surface area contributed by atoms with E-state index < -0.39 is 0 Å². The predicted octanol–water partition coefficient (Wildman–Crippen LogP) is 1.90. The van der Waals surface area contributed by atoms with Gasteiger partial charge in [-0.2, -0.15) is 0 Å².